The lowest BCUT2D eigenvalue weighted by molar-refractivity contribution is -0.117. The third-order valence-electron chi connectivity index (χ3n) is 2.94. The second kappa shape index (κ2) is 5.89. The normalized spacial score (nSPS) is 12.1. The summed E-state index contributed by atoms with van der Waals surface area (Å²) in [5.74, 6) is -0.311. The fourth-order valence-electron chi connectivity index (χ4n) is 1.99. The number of hydrogen-bond acceptors (Lipinski definition) is 3. The molecule has 100 valence electrons. The monoisotopic (exact) mass is 274 g/mol. The van der Waals surface area contributed by atoms with Gasteiger partial charge in [0, 0.05) is 15.4 Å². The van der Waals surface area contributed by atoms with Gasteiger partial charge in [0.25, 0.3) is 0 Å². The molecule has 1 unspecified atom stereocenters. The predicted molar refractivity (Wildman–Crippen MR) is 80.4 cm³/mol. The summed E-state index contributed by atoms with van der Waals surface area (Å²) in [4.78, 5) is 13.7. The maximum Gasteiger partial charge on any atom is 0.221 e. The summed E-state index contributed by atoms with van der Waals surface area (Å²) < 4.78 is 0. The molecule has 0 saturated heterocycles. The van der Waals surface area contributed by atoms with E-state index in [9.17, 15) is 4.79 Å². The summed E-state index contributed by atoms with van der Waals surface area (Å²) in [5.41, 5.74) is 7.19. The molecular formula is C15H18N2OS. The number of hydrogen-bond donors (Lipinski definition) is 2. The molecule has 0 saturated carbocycles. The zero-order chi connectivity index (χ0) is 13.8. The predicted octanol–water partition coefficient (Wildman–Crippen LogP) is 3.26. The molecule has 0 aliphatic carbocycles. The zero-order valence-electron chi connectivity index (χ0n) is 11.1. The first-order valence-corrected chi connectivity index (χ1v) is 7.07. The van der Waals surface area contributed by atoms with Crippen LogP contribution < -0.4 is 11.1 Å². The number of anilines is 1. The topological polar surface area (TPSA) is 55.1 Å². The maximum atomic E-state index is 11.1. The van der Waals surface area contributed by atoms with E-state index in [1.54, 1.807) is 11.3 Å². The molecule has 0 fully saturated rings. The largest absolute Gasteiger partial charge is 0.377 e. The molecule has 1 atom stereocenters. The van der Waals surface area contributed by atoms with Crippen LogP contribution in [0.15, 0.2) is 36.4 Å². The molecule has 1 amide bonds. The third-order valence-corrected chi connectivity index (χ3v) is 4.13. The van der Waals surface area contributed by atoms with Gasteiger partial charge in [0.05, 0.1) is 12.5 Å². The molecule has 1 aromatic carbocycles. The Morgan fingerprint density at radius 1 is 1.32 bits per heavy atom. The van der Waals surface area contributed by atoms with E-state index >= 15 is 0 Å². The number of rotatable bonds is 5. The Morgan fingerprint density at radius 3 is 2.68 bits per heavy atom. The van der Waals surface area contributed by atoms with Crippen LogP contribution in [0.5, 0.6) is 0 Å². The highest BCUT2D eigenvalue weighted by Gasteiger charge is 2.10. The van der Waals surface area contributed by atoms with E-state index in [1.165, 1.54) is 9.75 Å². The summed E-state index contributed by atoms with van der Waals surface area (Å²) >= 11 is 1.78. The van der Waals surface area contributed by atoms with Crippen LogP contribution in [0, 0.1) is 6.92 Å². The first-order chi connectivity index (χ1) is 9.06. The third kappa shape index (κ3) is 3.58. The number of aryl methyl sites for hydroxylation is 1. The zero-order valence-corrected chi connectivity index (χ0v) is 12.0. The molecule has 4 heteroatoms. The van der Waals surface area contributed by atoms with Crippen molar-refractivity contribution in [1.82, 2.24) is 0 Å². The number of benzene rings is 1. The Balaban J connectivity index is 2.16. The van der Waals surface area contributed by atoms with E-state index in [4.69, 9.17) is 5.73 Å². The number of amides is 1. The molecule has 0 aliphatic heterocycles. The molecule has 0 spiro atoms. The fraction of sp³-hybridized carbons (Fsp3) is 0.267. The van der Waals surface area contributed by atoms with E-state index < -0.39 is 0 Å². The number of primary amides is 1. The number of thiophene rings is 1. The minimum Gasteiger partial charge on any atom is -0.377 e. The van der Waals surface area contributed by atoms with Crippen LogP contribution in [0.25, 0.3) is 0 Å². The van der Waals surface area contributed by atoms with Crippen molar-refractivity contribution in [2.75, 3.05) is 5.32 Å². The van der Waals surface area contributed by atoms with Gasteiger partial charge in [-0.05, 0) is 37.6 Å². The van der Waals surface area contributed by atoms with E-state index in [0.29, 0.717) is 0 Å². The van der Waals surface area contributed by atoms with Crippen molar-refractivity contribution in [2.24, 2.45) is 5.73 Å². The molecule has 3 nitrogen and oxygen atoms in total. The molecule has 19 heavy (non-hydrogen) atoms. The van der Waals surface area contributed by atoms with E-state index in [0.717, 1.165) is 11.3 Å². The van der Waals surface area contributed by atoms with Gasteiger partial charge in [0.15, 0.2) is 0 Å². The number of carbonyl (C=O) groups excluding carboxylic acids is 1. The van der Waals surface area contributed by atoms with E-state index in [-0.39, 0.29) is 18.4 Å². The van der Waals surface area contributed by atoms with Gasteiger partial charge in [-0.3, -0.25) is 4.79 Å². The highest BCUT2D eigenvalue weighted by molar-refractivity contribution is 7.12. The number of carbonyl (C=O) groups is 1. The lowest BCUT2D eigenvalue weighted by Crippen LogP contribution is -2.15. The van der Waals surface area contributed by atoms with Crippen molar-refractivity contribution >= 4 is 22.9 Å². The van der Waals surface area contributed by atoms with Crippen molar-refractivity contribution in [1.29, 1.82) is 0 Å². The average Bonchev–Trinajstić information content (AvgIpc) is 2.78. The van der Waals surface area contributed by atoms with Crippen molar-refractivity contribution in [3.8, 4) is 0 Å². The molecule has 1 heterocycles. The molecule has 2 rings (SSSR count). The smallest absolute Gasteiger partial charge is 0.221 e. The van der Waals surface area contributed by atoms with Crippen LogP contribution >= 0.6 is 11.3 Å². The van der Waals surface area contributed by atoms with Gasteiger partial charge < -0.3 is 11.1 Å². The van der Waals surface area contributed by atoms with E-state index in [1.807, 2.05) is 24.3 Å². The van der Waals surface area contributed by atoms with Gasteiger partial charge >= 0.3 is 0 Å². The van der Waals surface area contributed by atoms with Gasteiger partial charge in [-0.2, -0.15) is 0 Å². The van der Waals surface area contributed by atoms with Gasteiger partial charge in [0.2, 0.25) is 5.91 Å². The Morgan fingerprint density at radius 2 is 2.05 bits per heavy atom. The quantitative estimate of drug-likeness (QED) is 0.879. The molecule has 0 bridgehead atoms. The average molecular weight is 274 g/mol. The Hall–Kier alpha value is -1.81. The first kappa shape index (κ1) is 13.6. The lowest BCUT2D eigenvalue weighted by Gasteiger charge is -2.16. The van der Waals surface area contributed by atoms with Gasteiger partial charge in [-0.1, -0.05) is 18.2 Å². The molecule has 0 radical (unpaired) electrons. The van der Waals surface area contributed by atoms with Crippen LogP contribution in [0.1, 0.15) is 28.3 Å². The number of nitrogens with two attached hydrogens (primary N) is 1. The van der Waals surface area contributed by atoms with E-state index in [2.05, 4.69) is 31.3 Å². The molecule has 0 aliphatic rings. The fourth-order valence-corrected chi connectivity index (χ4v) is 2.87. The van der Waals surface area contributed by atoms with Crippen LogP contribution in [0.3, 0.4) is 0 Å². The first-order valence-electron chi connectivity index (χ1n) is 6.25. The maximum absolute atomic E-state index is 11.1. The molecule has 1 aromatic heterocycles. The van der Waals surface area contributed by atoms with Crippen molar-refractivity contribution < 1.29 is 4.79 Å². The van der Waals surface area contributed by atoms with Crippen molar-refractivity contribution in [2.45, 2.75) is 26.3 Å². The summed E-state index contributed by atoms with van der Waals surface area (Å²) in [6.07, 6.45) is 0.263. The standard InChI is InChI=1S/C15H18N2OS/c1-10-7-8-14(19-10)11(2)17-13-6-4-3-5-12(13)9-15(16)18/h3-8,11,17H,9H2,1-2H3,(H2,16,18). The van der Waals surface area contributed by atoms with Crippen LogP contribution in [-0.4, -0.2) is 5.91 Å². The Kier molecular flexibility index (Phi) is 4.22. The highest BCUT2D eigenvalue weighted by Crippen LogP contribution is 2.27. The minimum atomic E-state index is -0.311. The summed E-state index contributed by atoms with van der Waals surface area (Å²) in [7, 11) is 0. The van der Waals surface area contributed by atoms with Crippen LogP contribution in [-0.2, 0) is 11.2 Å². The molecular weight excluding hydrogens is 256 g/mol. The SMILES string of the molecule is Cc1ccc(C(C)Nc2ccccc2CC(N)=O)s1. The minimum absolute atomic E-state index is 0.215. The number of nitrogens with one attached hydrogen (secondary N) is 1. The van der Waals surface area contributed by atoms with Gasteiger partial charge in [0.1, 0.15) is 0 Å². The number of para-hydroxylation sites is 1. The van der Waals surface area contributed by atoms with Gasteiger partial charge in [-0.15, -0.1) is 11.3 Å². The van der Waals surface area contributed by atoms with Gasteiger partial charge in [-0.25, -0.2) is 0 Å². The Labute approximate surface area is 117 Å². The van der Waals surface area contributed by atoms with Crippen LogP contribution in [0.2, 0.25) is 0 Å². The van der Waals surface area contributed by atoms with Crippen LogP contribution in [0.4, 0.5) is 5.69 Å². The summed E-state index contributed by atoms with van der Waals surface area (Å²) in [5, 5.41) is 3.45. The lowest BCUT2D eigenvalue weighted by atomic mass is 10.1. The highest BCUT2D eigenvalue weighted by atomic mass is 32.1. The second-order valence-electron chi connectivity index (χ2n) is 4.61. The molecule has 2 aromatic rings. The molecule has 3 N–H and O–H groups in total. The Bertz CT molecular complexity index is 577. The second-order valence-corrected chi connectivity index (χ2v) is 5.93. The summed E-state index contributed by atoms with van der Waals surface area (Å²) in [6, 6.07) is 12.3. The van der Waals surface area contributed by atoms with Crippen molar-refractivity contribution in [3.63, 3.8) is 0 Å². The van der Waals surface area contributed by atoms with Crippen molar-refractivity contribution in [3.05, 3.63) is 51.7 Å². The summed E-state index contributed by atoms with van der Waals surface area (Å²) in [6.45, 7) is 4.22.